The number of carboxylic acid groups (broad SMARTS) is 1. The Morgan fingerprint density at radius 1 is 1.12 bits per heavy atom. The maximum Gasteiger partial charge on any atom is 0.137 e. The lowest BCUT2D eigenvalue weighted by molar-refractivity contribution is -0.276. The Labute approximate surface area is 191 Å². The zero-order chi connectivity index (χ0) is 22.5. The summed E-state index contributed by atoms with van der Waals surface area (Å²) in [5, 5.41) is 12.5. The maximum absolute atomic E-state index is 12.5. The minimum Gasteiger partial charge on any atom is -0.530 e. The van der Waals surface area contributed by atoms with E-state index in [4.69, 9.17) is 4.74 Å². The maximum atomic E-state index is 12.5. The van der Waals surface area contributed by atoms with Crippen LogP contribution in [0.25, 0.3) is 11.1 Å². The molecule has 1 amide bonds. The van der Waals surface area contributed by atoms with Crippen molar-refractivity contribution in [3.05, 3.63) is 53.6 Å². The molecule has 0 spiro atoms. The van der Waals surface area contributed by atoms with Crippen LogP contribution in [0.2, 0.25) is 0 Å². The van der Waals surface area contributed by atoms with E-state index in [-0.39, 0.29) is 17.5 Å². The molecule has 2 atom stereocenters. The van der Waals surface area contributed by atoms with Crippen molar-refractivity contribution in [2.24, 2.45) is 11.3 Å². The Balaban J connectivity index is 1.48. The highest BCUT2D eigenvalue weighted by Gasteiger charge is 2.48. The smallest absolute Gasteiger partial charge is 0.137 e. The van der Waals surface area contributed by atoms with Gasteiger partial charge in [-0.15, -0.1) is 0 Å². The summed E-state index contributed by atoms with van der Waals surface area (Å²) in [4.78, 5) is 16.7. The number of amides is 1. The van der Waals surface area contributed by atoms with Crippen molar-refractivity contribution in [2.75, 3.05) is 26.2 Å². The number of hydrogen-bond donors (Lipinski definition) is 0. The van der Waals surface area contributed by atoms with E-state index in [9.17, 15) is 9.90 Å². The Kier molecular flexibility index (Phi) is 5.40. The van der Waals surface area contributed by atoms with Gasteiger partial charge in [0.25, 0.3) is 0 Å². The van der Waals surface area contributed by atoms with E-state index in [1.807, 2.05) is 19.1 Å². The summed E-state index contributed by atoms with van der Waals surface area (Å²) in [6.45, 7) is 10.1. The largest absolute Gasteiger partial charge is 0.530 e. The van der Waals surface area contributed by atoms with Gasteiger partial charge < -0.3 is 24.4 Å². The SMILES string of the molecule is CCOc1ccc(-c2ccc3c(c2)CC(C)(C)[C@H]3N(C(=O)[O-])[C@@H]2CN3CCC2CC3)cc1. The summed E-state index contributed by atoms with van der Waals surface area (Å²) in [6.07, 6.45) is 2.02. The van der Waals surface area contributed by atoms with Crippen molar-refractivity contribution >= 4 is 6.09 Å². The minimum atomic E-state index is -1.02. The van der Waals surface area contributed by atoms with Crippen molar-refractivity contribution in [1.29, 1.82) is 0 Å². The highest BCUT2D eigenvalue weighted by atomic mass is 16.5. The van der Waals surface area contributed by atoms with Crippen LogP contribution in [0.3, 0.4) is 0 Å². The number of hydrogen-bond acceptors (Lipinski definition) is 4. The molecule has 2 aromatic rings. The zero-order valence-electron chi connectivity index (χ0n) is 19.3. The van der Waals surface area contributed by atoms with Gasteiger partial charge in [0, 0.05) is 12.6 Å². The number of carbonyl (C=O) groups excluding carboxylic acids is 1. The lowest BCUT2D eigenvalue weighted by Gasteiger charge is -2.53. The molecule has 4 aliphatic rings. The van der Waals surface area contributed by atoms with Gasteiger partial charge in [0.1, 0.15) is 11.8 Å². The lowest BCUT2D eigenvalue weighted by Crippen LogP contribution is -2.62. The van der Waals surface area contributed by atoms with Crippen LogP contribution in [0, 0.1) is 11.3 Å². The van der Waals surface area contributed by atoms with Crippen LogP contribution in [0.15, 0.2) is 42.5 Å². The van der Waals surface area contributed by atoms with Crippen LogP contribution in [-0.4, -0.2) is 48.2 Å². The van der Waals surface area contributed by atoms with Gasteiger partial charge >= 0.3 is 0 Å². The number of fused-ring (bicyclic) bond motifs is 4. The summed E-state index contributed by atoms with van der Waals surface area (Å²) >= 11 is 0. The molecule has 3 fully saturated rings. The first-order chi connectivity index (χ1) is 15.4. The van der Waals surface area contributed by atoms with Gasteiger partial charge in [-0.3, -0.25) is 0 Å². The fourth-order valence-electron chi connectivity index (χ4n) is 6.33. The Morgan fingerprint density at radius 3 is 2.41 bits per heavy atom. The number of piperidine rings is 3. The summed E-state index contributed by atoms with van der Waals surface area (Å²) < 4.78 is 5.57. The second-order valence-corrected chi connectivity index (χ2v) is 10.3. The van der Waals surface area contributed by atoms with Crippen molar-refractivity contribution in [2.45, 2.75) is 52.1 Å². The van der Waals surface area contributed by atoms with Crippen molar-refractivity contribution in [1.82, 2.24) is 9.80 Å². The van der Waals surface area contributed by atoms with E-state index in [2.05, 4.69) is 49.1 Å². The van der Waals surface area contributed by atoms with Gasteiger partial charge in [-0.2, -0.15) is 0 Å². The fraction of sp³-hybridized carbons (Fsp3) is 0.519. The number of rotatable bonds is 5. The van der Waals surface area contributed by atoms with Crippen LogP contribution >= 0.6 is 0 Å². The van der Waals surface area contributed by atoms with Crippen LogP contribution < -0.4 is 9.84 Å². The monoisotopic (exact) mass is 433 g/mol. The molecule has 0 radical (unpaired) electrons. The molecule has 6 rings (SSSR count). The summed E-state index contributed by atoms with van der Waals surface area (Å²) in [5.41, 5.74) is 4.52. The van der Waals surface area contributed by atoms with Crippen LogP contribution in [0.5, 0.6) is 5.75 Å². The van der Waals surface area contributed by atoms with Crippen molar-refractivity contribution < 1.29 is 14.6 Å². The average molecular weight is 434 g/mol. The Bertz CT molecular complexity index is 992. The first kappa shape index (κ1) is 21.3. The molecule has 0 N–H and O–H groups in total. The predicted octanol–water partition coefficient (Wildman–Crippen LogP) is 4.12. The van der Waals surface area contributed by atoms with Crippen LogP contribution in [0.1, 0.15) is 50.8 Å². The molecule has 3 heterocycles. The highest BCUT2D eigenvalue weighted by Crippen LogP contribution is 2.51. The number of carbonyl (C=O) groups is 1. The van der Waals surface area contributed by atoms with Gasteiger partial charge in [-0.1, -0.05) is 44.2 Å². The molecule has 3 aliphatic heterocycles. The van der Waals surface area contributed by atoms with Crippen LogP contribution in [0.4, 0.5) is 4.79 Å². The fourth-order valence-corrected chi connectivity index (χ4v) is 6.33. The van der Waals surface area contributed by atoms with E-state index in [0.717, 1.165) is 61.3 Å². The molecule has 5 heteroatoms. The van der Waals surface area contributed by atoms with E-state index < -0.39 is 6.09 Å². The van der Waals surface area contributed by atoms with Gasteiger partial charge in [0.05, 0.1) is 12.6 Å². The number of nitrogens with zero attached hydrogens (tertiary/aromatic N) is 2. The first-order valence-corrected chi connectivity index (χ1v) is 11.9. The molecule has 170 valence electrons. The molecule has 3 saturated heterocycles. The molecule has 1 aliphatic carbocycles. The molecule has 0 saturated carbocycles. The summed E-state index contributed by atoms with van der Waals surface area (Å²) in [7, 11) is 0. The molecule has 32 heavy (non-hydrogen) atoms. The topological polar surface area (TPSA) is 55.8 Å². The lowest BCUT2D eigenvalue weighted by atomic mass is 9.79. The second kappa shape index (κ2) is 8.11. The molecule has 0 aromatic heterocycles. The van der Waals surface area contributed by atoms with Gasteiger partial charge in [0.15, 0.2) is 0 Å². The third-order valence-electron chi connectivity index (χ3n) is 7.79. The molecular formula is C27H33N2O3-. The van der Waals surface area contributed by atoms with Crippen molar-refractivity contribution in [3.8, 4) is 16.9 Å². The molecular weight excluding hydrogens is 400 g/mol. The Hall–Kier alpha value is -2.53. The van der Waals surface area contributed by atoms with E-state index in [1.165, 1.54) is 5.56 Å². The van der Waals surface area contributed by atoms with E-state index in [0.29, 0.717) is 12.5 Å². The van der Waals surface area contributed by atoms with E-state index in [1.54, 1.807) is 4.90 Å². The van der Waals surface area contributed by atoms with Gasteiger partial charge in [-0.25, -0.2) is 0 Å². The standard InChI is InChI=1S/C27H34N2O3/c1-4-32-22-8-5-18(6-9-22)20-7-10-23-21(15-20)16-27(2,3)25(23)29(26(30)31)24-17-28-13-11-19(24)12-14-28/h5-10,15,19,24-25H,4,11-14,16-17H2,1-3H3,(H,30,31)/p-1/t24-,25+/m1/s1. The third kappa shape index (κ3) is 3.66. The molecule has 2 aromatic carbocycles. The third-order valence-corrected chi connectivity index (χ3v) is 7.79. The quantitative estimate of drug-likeness (QED) is 0.712. The van der Waals surface area contributed by atoms with Gasteiger partial charge in [-0.05, 0) is 85.0 Å². The predicted molar refractivity (Wildman–Crippen MR) is 123 cm³/mol. The molecule has 5 nitrogen and oxygen atoms in total. The summed E-state index contributed by atoms with van der Waals surface area (Å²) in [6, 6.07) is 14.6. The van der Waals surface area contributed by atoms with Crippen LogP contribution in [-0.2, 0) is 6.42 Å². The Morgan fingerprint density at radius 2 is 1.81 bits per heavy atom. The van der Waals surface area contributed by atoms with Crippen molar-refractivity contribution in [3.63, 3.8) is 0 Å². The number of ether oxygens (including phenoxy) is 1. The number of benzene rings is 2. The normalized spacial score (nSPS) is 27.7. The van der Waals surface area contributed by atoms with Gasteiger partial charge in [0.2, 0.25) is 0 Å². The second-order valence-electron chi connectivity index (χ2n) is 10.3. The first-order valence-electron chi connectivity index (χ1n) is 11.9. The molecule has 0 unspecified atom stereocenters. The average Bonchev–Trinajstić information content (AvgIpc) is 3.04. The zero-order valence-corrected chi connectivity index (χ0v) is 19.3. The highest BCUT2D eigenvalue weighted by molar-refractivity contribution is 5.68. The minimum absolute atomic E-state index is 0.0310. The summed E-state index contributed by atoms with van der Waals surface area (Å²) in [5.74, 6) is 1.32. The molecule has 2 bridgehead atoms. The van der Waals surface area contributed by atoms with E-state index >= 15 is 0 Å².